The van der Waals surface area contributed by atoms with Gasteiger partial charge in [-0.2, -0.15) is 9.61 Å². The largest absolute Gasteiger partial charge is 0.493 e. The number of thiophene rings is 1. The van der Waals surface area contributed by atoms with Gasteiger partial charge in [-0.25, -0.2) is 0 Å². The molecule has 0 aliphatic rings. The van der Waals surface area contributed by atoms with Crippen LogP contribution in [0.3, 0.4) is 0 Å². The second kappa shape index (κ2) is 12.5. The number of hydrogen-bond donors (Lipinski definition) is 0. The maximum absolute atomic E-state index is 5.90. The summed E-state index contributed by atoms with van der Waals surface area (Å²) < 4.78 is 18.6. The molecule has 0 saturated heterocycles. The van der Waals surface area contributed by atoms with E-state index in [0.717, 1.165) is 20.9 Å². The Morgan fingerprint density at radius 2 is 1.75 bits per heavy atom. The third-order valence-corrected chi connectivity index (χ3v) is 6.29. The molecular weight excluding hydrogens is 520 g/mol. The van der Waals surface area contributed by atoms with Gasteiger partial charge >= 0.3 is 0 Å². The van der Waals surface area contributed by atoms with Crippen LogP contribution in [0.5, 0.6) is 16.6 Å². The third kappa shape index (κ3) is 6.38. The molecule has 4 rings (SSSR count). The molecule has 7 nitrogen and oxygen atoms in total. The van der Waals surface area contributed by atoms with Crippen LogP contribution >= 0.6 is 11.3 Å². The van der Waals surface area contributed by atoms with Crippen LogP contribution in [0.25, 0.3) is 23.1 Å². The first-order chi connectivity index (χ1) is 19.4. The van der Waals surface area contributed by atoms with E-state index in [2.05, 4.69) is 90.5 Å². The SMILES string of the molecule is C#CC#CC#CC#CC#COc1ccc(OCC)c(-c2nnc3c(=Cc4ccc(OC)s4)c(C(C)(C)C)nn23)c1. The highest BCUT2D eigenvalue weighted by Crippen LogP contribution is 2.33. The number of rotatable bonds is 6. The monoisotopic (exact) mass is 544 g/mol. The number of ether oxygens (including phenoxy) is 3. The number of methoxy groups -OCH3 is 1. The molecule has 0 unspecified atom stereocenters. The Hall–Kier alpha value is -5.33. The van der Waals surface area contributed by atoms with Gasteiger partial charge in [0.2, 0.25) is 0 Å². The van der Waals surface area contributed by atoms with Crippen molar-refractivity contribution in [1.29, 1.82) is 0 Å². The van der Waals surface area contributed by atoms with Gasteiger partial charge in [0, 0.05) is 39.2 Å². The second-order valence-electron chi connectivity index (χ2n) is 9.09. The van der Waals surface area contributed by atoms with Gasteiger partial charge in [0.15, 0.2) is 16.5 Å². The van der Waals surface area contributed by atoms with Crippen LogP contribution in [0.15, 0.2) is 30.3 Å². The van der Waals surface area contributed by atoms with E-state index in [1.54, 1.807) is 41.2 Å². The number of fused-ring (bicyclic) bond motifs is 1. The average molecular weight is 545 g/mol. The molecule has 0 aliphatic carbocycles. The highest BCUT2D eigenvalue weighted by atomic mass is 32.1. The fourth-order valence-electron chi connectivity index (χ4n) is 3.65. The number of nitrogens with zero attached hydrogens (tertiary/aromatic N) is 4. The van der Waals surface area contributed by atoms with E-state index >= 15 is 0 Å². The zero-order valence-electron chi connectivity index (χ0n) is 22.7. The minimum absolute atomic E-state index is 0.242. The Morgan fingerprint density at radius 3 is 2.42 bits per heavy atom. The first-order valence-electron chi connectivity index (χ1n) is 12.2. The van der Waals surface area contributed by atoms with Gasteiger partial charge in [-0.15, -0.1) is 16.6 Å². The zero-order valence-corrected chi connectivity index (χ0v) is 23.5. The topological polar surface area (TPSA) is 70.8 Å². The highest BCUT2D eigenvalue weighted by molar-refractivity contribution is 7.14. The van der Waals surface area contributed by atoms with Gasteiger partial charge in [0.1, 0.15) is 17.6 Å². The van der Waals surface area contributed by atoms with Crippen molar-refractivity contribution in [2.75, 3.05) is 13.7 Å². The molecule has 0 N–H and O–H groups in total. The van der Waals surface area contributed by atoms with Crippen molar-refractivity contribution in [2.45, 2.75) is 33.1 Å². The number of benzene rings is 1. The minimum Gasteiger partial charge on any atom is -0.493 e. The zero-order chi connectivity index (χ0) is 28.5. The molecule has 0 spiro atoms. The summed E-state index contributed by atoms with van der Waals surface area (Å²) in [5, 5.41) is 15.7. The van der Waals surface area contributed by atoms with Gasteiger partial charge in [-0.3, -0.25) is 0 Å². The first kappa shape index (κ1) is 27.7. The summed E-state index contributed by atoms with van der Waals surface area (Å²) in [6, 6.07) is 9.30. The van der Waals surface area contributed by atoms with Gasteiger partial charge in [0.05, 0.1) is 25.0 Å². The summed E-state index contributed by atoms with van der Waals surface area (Å²) in [4.78, 5) is 1.03. The van der Waals surface area contributed by atoms with Crippen molar-refractivity contribution in [2.24, 2.45) is 0 Å². The number of hydrogen-bond acceptors (Lipinski definition) is 7. The normalized spacial score (nSPS) is 10.6. The molecule has 0 saturated carbocycles. The first-order valence-corrected chi connectivity index (χ1v) is 13.0. The summed E-state index contributed by atoms with van der Waals surface area (Å²) in [6.07, 6.45) is 9.65. The second-order valence-corrected chi connectivity index (χ2v) is 10.2. The molecule has 3 aromatic heterocycles. The van der Waals surface area contributed by atoms with E-state index in [9.17, 15) is 0 Å². The molecule has 40 heavy (non-hydrogen) atoms. The maximum atomic E-state index is 5.90. The van der Waals surface area contributed by atoms with E-state index in [-0.39, 0.29) is 5.41 Å². The van der Waals surface area contributed by atoms with Crippen LogP contribution < -0.4 is 19.4 Å². The molecule has 3 heterocycles. The highest BCUT2D eigenvalue weighted by Gasteiger charge is 2.25. The van der Waals surface area contributed by atoms with E-state index in [1.807, 2.05) is 19.1 Å². The molecule has 1 aromatic carbocycles. The van der Waals surface area contributed by atoms with Crippen LogP contribution in [-0.4, -0.2) is 33.5 Å². The number of terminal acetylenes is 1. The molecule has 0 aliphatic heterocycles. The van der Waals surface area contributed by atoms with Crippen LogP contribution in [-0.2, 0) is 5.41 Å². The van der Waals surface area contributed by atoms with E-state index in [1.165, 1.54) is 0 Å². The number of aromatic nitrogens is 4. The average Bonchev–Trinajstić information content (AvgIpc) is 3.65. The minimum atomic E-state index is -0.242. The van der Waals surface area contributed by atoms with E-state index < -0.39 is 0 Å². The fourth-order valence-corrected chi connectivity index (χ4v) is 4.42. The Kier molecular flexibility index (Phi) is 8.64. The van der Waals surface area contributed by atoms with E-state index in [0.29, 0.717) is 35.1 Å². The van der Waals surface area contributed by atoms with Crippen LogP contribution in [0, 0.1) is 59.9 Å². The lowest BCUT2D eigenvalue weighted by Crippen LogP contribution is -2.22. The van der Waals surface area contributed by atoms with Gasteiger partial charge in [0.25, 0.3) is 0 Å². The molecular formula is C32H24N4O3S. The van der Waals surface area contributed by atoms with Crippen molar-refractivity contribution < 1.29 is 14.2 Å². The lowest BCUT2D eigenvalue weighted by molar-refractivity contribution is 0.341. The summed E-state index contributed by atoms with van der Waals surface area (Å²) in [7, 11) is 1.66. The molecule has 0 bridgehead atoms. The Labute approximate surface area is 237 Å². The lowest BCUT2D eigenvalue weighted by atomic mass is 9.91. The Balaban J connectivity index is 1.76. The standard InChI is InChI=1S/C32H24N4O3S/c1-7-9-10-11-12-13-14-15-20-39-23-16-18-27(38-8-2)25(21-23)30-33-34-31-26(22-24-17-19-28(37-6)40-24)29(32(3,4)5)35-36(30)31/h1,16-19,21-22H,8H2,2-6H3. The lowest BCUT2D eigenvalue weighted by Gasteiger charge is -2.15. The van der Waals surface area contributed by atoms with Crippen LogP contribution in [0.4, 0.5) is 0 Å². The molecule has 4 aromatic rings. The van der Waals surface area contributed by atoms with Gasteiger partial charge < -0.3 is 14.2 Å². The van der Waals surface area contributed by atoms with Crippen molar-refractivity contribution in [3.63, 3.8) is 0 Å². The predicted octanol–water partition coefficient (Wildman–Crippen LogP) is 4.09. The summed E-state index contributed by atoms with van der Waals surface area (Å²) in [5.74, 6) is 21.4. The third-order valence-electron chi connectivity index (χ3n) is 5.30. The maximum Gasteiger partial charge on any atom is 0.189 e. The molecule has 0 atom stereocenters. The van der Waals surface area contributed by atoms with E-state index in [4.69, 9.17) is 25.7 Å². The summed E-state index contributed by atoms with van der Waals surface area (Å²) in [6.45, 7) is 8.74. The fraction of sp³-hybridized carbons (Fsp3) is 0.219. The van der Waals surface area contributed by atoms with Crippen molar-refractivity contribution in [3.05, 3.63) is 46.1 Å². The molecule has 0 amide bonds. The Bertz CT molecular complexity index is 1910. The van der Waals surface area contributed by atoms with Crippen LogP contribution in [0.1, 0.15) is 38.3 Å². The van der Waals surface area contributed by atoms with Crippen molar-refractivity contribution in [3.8, 4) is 87.8 Å². The molecule has 8 heteroatoms. The summed E-state index contributed by atoms with van der Waals surface area (Å²) >= 11 is 1.55. The van der Waals surface area contributed by atoms with Crippen LogP contribution in [0.2, 0.25) is 0 Å². The molecule has 0 radical (unpaired) electrons. The predicted molar refractivity (Wildman–Crippen MR) is 156 cm³/mol. The molecule has 0 fully saturated rings. The smallest absolute Gasteiger partial charge is 0.189 e. The Morgan fingerprint density at radius 1 is 1.00 bits per heavy atom. The summed E-state index contributed by atoms with van der Waals surface area (Å²) in [5.41, 5.74) is 1.96. The van der Waals surface area contributed by atoms with Crippen molar-refractivity contribution in [1.82, 2.24) is 19.8 Å². The quantitative estimate of drug-likeness (QED) is 0.341. The van der Waals surface area contributed by atoms with Gasteiger partial charge in [-0.1, -0.05) is 32.1 Å². The van der Waals surface area contributed by atoms with Gasteiger partial charge in [-0.05, 0) is 67.0 Å². The van der Waals surface area contributed by atoms with Crippen molar-refractivity contribution >= 4 is 23.1 Å². The molecule has 196 valence electrons.